The number of rotatable bonds is 7. The Labute approximate surface area is 179 Å². The summed E-state index contributed by atoms with van der Waals surface area (Å²) >= 11 is 0. The van der Waals surface area contributed by atoms with E-state index in [2.05, 4.69) is 5.32 Å². The fourth-order valence-electron chi connectivity index (χ4n) is 2.99. The fraction of sp³-hybridized carbons (Fsp3) is 0.136. The first-order valence-electron chi connectivity index (χ1n) is 9.24. The second-order valence-electron chi connectivity index (χ2n) is 6.77. The zero-order valence-corrected chi connectivity index (χ0v) is 16.7. The number of aromatic nitrogens is 1. The molecule has 1 heterocycles. The molecule has 2 aromatic carbocycles. The molecule has 3 rings (SSSR count). The van der Waals surface area contributed by atoms with Crippen molar-refractivity contribution in [3.05, 3.63) is 98.7 Å². The third-order valence-corrected chi connectivity index (χ3v) is 4.55. The molecule has 1 amide bonds. The molecule has 0 saturated carbocycles. The van der Waals surface area contributed by atoms with E-state index in [0.29, 0.717) is 17.7 Å². The summed E-state index contributed by atoms with van der Waals surface area (Å²) in [4.78, 5) is 37.0. The smallest absolute Gasteiger partial charge is 0.356 e. The lowest BCUT2D eigenvalue weighted by molar-refractivity contribution is 0.0677. The Morgan fingerprint density at radius 1 is 1.09 bits per heavy atom. The number of nitrogens with one attached hydrogen (secondary N) is 1. The number of nitrogens with zero attached hydrogens (tertiary/aromatic N) is 1. The van der Waals surface area contributed by atoms with Crippen molar-refractivity contribution in [3.63, 3.8) is 0 Å². The van der Waals surface area contributed by atoms with Crippen molar-refractivity contribution in [1.82, 2.24) is 9.88 Å². The fourth-order valence-corrected chi connectivity index (χ4v) is 2.99. The zero-order chi connectivity index (χ0) is 23.4. The largest absolute Gasteiger partial charge is 0.482 e. The van der Waals surface area contributed by atoms with Gasteiger partial charge in [-0.15, -0.1) is 0 Å². The Morgan fingerprint density at radius 2 is 1.72 bits per heavy atom. The van der Waals surface area contributed by atoms with E-state index < -0.39 is 63.9 Å². The number of carbonyl (C=O) groups is 2. The summed E-state index contributed by atoms with van der Waals surface area (Å²) in [6, 6.07) is 9.55. The number of carbonyl (C=O) groups excluding carboxylic acids is 1. The number of amides is 1. The van der Waals surface area contributed by atoms with Gasteiger partial charge in [0.1, 0.15) is 29.6 Å². The van der Waals surface area contributed by atoms with Gasteiger partial charge in [-0.1, -0.05) is 30.3 Å². The molecule has 32 heavy (non-hydrogen) atoms. The van der Waals surface area contributed by atoms with E-state index in [1.54, 1.807) is 30.3 Å². The van der Waals surface area contributed by atoms with Crippen LogP contribution in [0, 0.1) is 17.5 Å². The van der Waals surface area contributed by atoms with E-state index in [9.17, 15) is 32.7 Å². The molecule has 0 aliphatic carbocycles. The molecule has 0 saturated heterocycles. The summed E-state index contributed by atoms with van der Waals surface area (Å²) < 4.78 is 47.1. The third-order valence-electron chi connectivity index (χ3n) is 4.55. The summed E-state index contributed by atoms with van der Waals surface area (Å²) in [6.07, 6.45) is 0.980. The average molecular weight is 446 g/mol. The highest BCUT2D eigenvalue weighted by atomic mass is 19.1. The van der Waals surface area contributed by atoms with Gasteiger partial charge in [0.2, 0.25) is 5.43 Å². The Kier molecular flexibility index (Phi) is 6.62. The van der Waals surface area contributed by atoms with Crippen molar-refractivity contribution < 1.29 is 32.6 Å². The first-order valence-corrected chi connectivity index (χ1v) is 9.24. The Hall–Kier alpha value is -4.08. The molecular weight excluding hydrogens is 429 g/mol. The zero-order valence-electron chi connectivity index (χ0n) is 16.7. The van der Waals surface area contributed by atoms with Crippen LogP contribution in [-0.4, -0.2) is 21.6 Å². The quantitative estimate of drug-likeness (QED) is 0.582. The van der Waals surface area contributed by atoms with E-state index in [0.717, 1.165) is 10.8 Å². The van der Waals surface area contributed by atoms with Crippen LogP contribution in [0.3, 0.4) is 0 Å². The summed E-state index contributed by atoms with van der Waals surface area (Å²) in [7, 11) is 1.30. The van der Waals surface area contributed by atoms with Crippen molar-refractivity contribution in [2.75, 3.05) is 0 Å². The van der Waals surface area contributed by atoms with E-state index >= 15 is 0 Å². The highest BCUT2D eigenvalue weighted by Crippen LogP contribution is 2.18. The van der Waals surface area contributed by atoms with Crippen molar-refractivity contribution in [3.8, 4) is 5.75 Å². The van der Waals surface area contributed by atoms with Gasteiger partial charge in [-0.2, -0.15) is 0 Å². The maximum absolute atomic E-state index is 13.8. The van der Waals surface area contributed by atoms with Crippen LogP contribution in [0.15, 0.2) is 53.5 Å². The lowest BCUT2D eigenvalue weighted by atomic mass is 10.1. The molecule has 10 heteroatoms. The highest BCUT2D eigenvalue weighted by molar-refractivity contribution is 5.96. The Balaban J connectivity index is 1.91. The number of hydrogen-bond acceptors (Lipinski definition) is 4. The number of carboxylic acid groups (broad SMARTS) is 1. The molecule has 0 unspecified atom stereocenters. The van der Waals surface area contributed by atoms with Crippen molar-refractivity contribution >= 4 is 11.9 Å². The summed E-state index contributed by atoms with van der Waals surface area (Å²) in [5, 5.41) is 11.7. The van der Waals surface area contributed by atoms with Crippen LogP contribution in [0.4, 0.5) is 13.2 Å². The predicted octanol–water partition coefficient (Wildman–Crippen LogP) is 3.01. The number of aromatic carboxylic acids is 1. The van der Waals surface area contributed by atoms with Gasteiger partial charge in [0.05, 0.1) is 0 Å². The SMILES string of the molecule is Cn1cc(C(=O)NCc2c(F)cc(F)cc2F)c(=O)c(OCc2ccccc2)c1C(=O)O. The molecule has 3 aromatic rings. The predicted molar refractivity (Wildman–Crippen MR) is 107 cm³/mol. The van der Waals surface area contributed by atoms with Gasteiger partial charge in [-0.3, -0.25) is 9.59 Å². The standard InChI is InChI=1S/C22H17F3N2O5/c1-27-10-15(21(29)26-9-14-16(24)7-13(23)8-17(14)25)19(28)20(18(27)22(30)31)32-11-12-5-3-2-4-6-12/h2-8,10H,9,11H2,1H3,(H,26,29)(H,30,31). The van der Waals surface area contributed by atoms with Gasteiger partial charge < -0.3 is 19.7 Å². The van der Waals surface area contributed by atoms with Gasteiger partial charge in [-0.25, -0.2) is 18.0 Å². The summed E-state index contributed by atoms with van der Waals surface area (Å²) in [5.74, 6) is -6.55. The molecule has 0 aliphatic heterocycles. The first-order chi connectivity index (χ1) is 15.2. The molecule has 166 valence electrons. The molecular formula is C22H17F3N2O5. The van der Waals surface area contributed by atoms with Gasteiger partial charge in [0.15, 0.2) is 11.4 Å². The van der Waals surface area contributed by atoms with Crippen molar-refractivity contribution in [2.45, 2.75) is 13.2 Å². The number of carboxylic acids is 1. The Bertz CT molecular complexity index is 1220. The monoisotopic (exact) mass is 446 g/mol. The molecule has 0 fully saturated rings. The molecule has 1 aromatic heterocycles. The topological polar surface area (TPSA) is 97.6 Å². The molecule has 0 bridgehead atoms. The number of aryl methyl sites for hydroxylation is 1. The average Bonchev–Trinajstić information content (AvgIpc) is 2.73. The maximum atomic E-state index is 13.8. The third kappa shape index (κ3) is 4.80. The summed E-state index contributed by atoms with van der Waals surface area (Å²) in [6.45, 7) is -0.797. The van der Waals surface area contributed by atoms with Crippen molar-refractivity contribution in [1.29, 1.82) is 0 Å². The van der Waals surface area contributed by atoms with Gasteiger partial charge in [-0.05, 0) is 5.56 Å². The van der Waals surface area contributed by atoms with Gasteiger partial charge >= 0.3 is 5.97 Å². The minimum Gasteiger partial charge on any atom is -0.482 e. The molecule has 2 N–H and O–H groups in total. The van der Waals surface area contributed by atoms with E-state index in [4.69, 9.17) is 4.74 Å². The number of pyridine rings is 1. The molecule has 0 atom stereocenters. The lowest BCUT2D eigenvalue weighted by Crippen LogP contribution is -2.32. The summed E-state index contributed by atoms with van der Waals surface area (Å²) in [5.41, 5.74) is -1.92. The minimum absolute atomic E-state index is 0.132. The van der Waals surface area contributed by atoms with Gasteiger partial charge in [0, 0.05) is 37.5 Å². The second-order valence-corrected chi connectivity index (χ2v) is 6.77. The molecule has 7 nitrogen and oxygen atoms in total. The first kappa shape index (κ1) is 22.6. The van der Waals surface area contributed by atoms with E-state index in [1.807, 2.05) is 0 Å². The van der Waals surface area contributed by atoms with Crippen LogP contribution in [0.5, 0.6) is 5.75 Å². The lowest BCUT2D eigenvalue weighted by Gasteiger charge is -2.14. The van der Waals surface area contributed by atoms with Crippen LogP contribution >= 0.6 is 0 Å². The second kappa shape index (κ2) is 9.38. The van der Waals surface area contributed by atoms with Crippen LogP contribution in [0.1, 0.15) is 32.0 Å². The van der Waals surface area contributed by atoms with Crippen LogP contribution in [-0.2, 0) is 20.2 Å². The number of halogens is 3. The van der Waals surface area contributed by atoms with Gasteiger partial charge in [0.25, 0.3) is 5.91 Å². The Morgan fingerprint density at radius 3 is 2.31 bits per heavy atom. The van der Waals surface area contributed by atoms with E-state index in [-0.39, 0.29) is 6.61 Å². The maximum Gasteiger partial charge on any atom is 0.356 e. The normalized spacial score (nSPS) is 10.6. The van der Waals surface area contributed by atoms with Crippen LogP contribution in [0.2, 0.25) is 0 Å². The van der Waals surface area contributed by atoms with Crippen LogP contribution in [0.25, 0.3) is 0 Å². The minimum atomic E-state index is -1.45. The molecule has 0 radical (unpaired) electrons. The number of ether oxygens (including phenoxy) is 1. The van der Waals surface area contributed by atoms with E-state index in [1.165, 1.54) is 7.05 Å². The number of benzene rings is 2. The molecule has 0 spiro atoms. The van der Waals surface area contributed by atoms with Crippen molar-refractivity contribution in [2.24, 2.45) is 7.05 Å². The van der Waals surface area contributed by atoms with Crippen LogP contribution < -0.4 is 15.5 Å². The number of hydrogen-bond donors (Lipinski definition) is 2. The molecule has 0 aliphatic rings. The highest BCUT2D eigenvalue weighted by Gasteiger charge is 2.24.